The lowest BCUT2D eigenvalue weighted by molar-refractivity contribution is -0.118. The molecule has 0 radical (unpaired) electrons. The number of carbonyl (C=O) groups excluding carboxylic acids is 1. The predicted octanol–water partition coefficient (Wildman–Crippen LogP) is 0.628. The Labute approximate surface area is 83.3 Å². The van der Waals surface area contributed by atoms with Gasteiger partial charge in [-0.05, 0) is 30.9 Å². The molecule has 1 amide bonds. The van der Waals surface area contributed by atoms with Crippen LogP contribution in [-0.4, -0.2) is 35.7 Å². The summed E-state index contributed by atoms with van der Waals surface area (Å²) in [5.74, 6) is 2.29. The molecule has 0 aromatic heterocycles. The Morgan fingerprint density at radius 1 is 1.54 bits per heavy atom. The van der Waals surface area contributed by atoms with Gasteiger partial charge in [-0.25, -0.2) is 0 Å². The molecule has 0 heterocycles. The van der Waals surface area contributed by atoms with Crippen molar-refractivity contribution in [2.75, 3.05) is 24.7 Å². The zero-order chi connectivity index (χ0) is 9.52. The first-order chi connectivity index (χ1) is 6.33. The maximum atomic E-state index is 11.1. The van der Waals surface area contributed by atoms with E-state index in [1.807, 2.05) is 0 Å². The minimum atomic E-state index is 0.134. The van der Waals surface area contributed by atoms with E-state index in [0.29, 0.717) is 5.75 Å². The van der Waals surface area contributed by atoms with Crippen molar-refractivity contribution in [3.63, 3.8) is 0 Å². The van der Waals surface area contributed by atoms with Gasteiger partial charge in [-0.2, -0.15) is 11.8 Å². The topological polar surface area (TPSA) is 49.3 Å². The number of thioether (sulfide) groups is 1. The van der Waals surface area contributed by atoms with Crippen LogP contribution in [0, 0.1) is 5.92 Å². The molecule has 2 N–H and O–H groups in total. The highest BCUT2D eigenvalue weighted by Crippen LogP contribution is 2.27. The molecule has 3 nitrogen and oxygen atoms in total. The number of carbonyl (C=O) groups is 1. The third-order valence-electron chi connectivity index (χ3n) is 1.96. The molecule has 1 aliphatic rings. The molecule has 1 rings (SSSR count). The van der Waals surface area contributed by atoms with Gasteiger partial charge in [-0.15, -0.1) is 0 Å². The highest BCUT2D eigenvalue weighted by atomic mass is 32.2. The first-order valence-corrected chi connectivity index (χ1v) is 5.93. The number of nitrogens with one attached hydrogen (secondary N) is 1. The Kier molecular flexibility index (Phi) is 5.23. The van der Waals surface area contributed by atoms with Gasteiger partial charge in [0.2, 0.25) is 5.91 Å². The smallest absolute Gasteiger partial charge is 0.230 e. The van der Waals surface area contributed by atoms with Crippen LogP contribution < -0.4 is 5.32 Å². The zero-order valence-electron chi connectivity index (χ0n) is 7.79. The van der Waals surface area contributed by atoms with Crippen molar-refractivity contribution >= 4 is 17.7 Å². The van der Waals surface area contributed by atoms with Crippen LogP contribution in [0.25, 0.3) is 0 Å². The molecule has 0 atom stereocenters. The van der Waals surface area contributed by atoms with Crippen molar-refractivity contribution in [2.45, 2.75) is 19.3 Å². The van der Waals surface area contributed by atoms with Crippen LogP contribution in [0.15, 0.2) is 0 Å². The molecule has 0 aromatic rings. The summed E-state index contributed by atoms with van der Waals surface area (Å²) in [5, 5.41) is 11.4. The van der Waals surface area contributed by atoms with Crippen molar-refractivity contribution in [1.29, 1.82) is 0 Å². The van der Waals surface area contributed by atoms with Gasteiger partial charge in [0.15, 0.2) is 0 Å². The van der Waals surface area contributed by atoms with Crippen molar-refractivity contribution in [1.82, 2.24) is 5.32 Å². The molecule has 1 saturated carbocycles. The first-order valence-electron chi connectivity index (χ1n) is 4.78. The number of aliphatic hydroxyl groups is 1. The van der Waals surface area contributed by atoms with Crippen LogP contribution in [0.3, 0.4) is 0 Å². The first kappa shape index (κ1) is 10.9. The quantitative estimate of drug-likeness (QED) is 0.597. The molecule has 0 bridgehead atoms. The molecule has 13 heavy (non-hydrogen) atoms. The minimum Gasteiger partial charge on any atom is -0.396 e. The number of rotatable bonds is 7. The SMILES string of the molecule is O=C(CSCCCO)NCC1CC1. The van der Waals surface area contributed by atoms with Crippen LogP contribution in [0.4, 0.5) is 0 Å². The van der Waals surface area contributed by atoms with E-state index < -0.39 is 0 Å². The zero-order valence-corrected chi connectivity index (χ0v) is 8.61. The molecular formula is C9H17NO2S. The highest BCUT2D eigenvalue weighted by Gasteiger charge is 2.21. The fourth-order valence-corrected chi connectivity index (χ4v) is 1.73. The standard InChI is InChI=1S/C9H17NO2S/c11-4-1-5-13-7-9(12)10-6-8-2-3-8/h8,11H,1-7H2,(H,10,12). The predicted molar refractivity (Wildman–Crippen MR) is 54.8 cm³/mol. The largest absolute Gasteiger partial charge is 0.396 e. The second-order valence-corrected chi connectivity index (χ2v) is 4.48. The van der Waals surface area contributed by atoms with E-state index in [-0.39, 0.29) is 12.5 Å². The van der Waals surface area contributed by atoms with Crippen molar-refractivity contribution < 1.29 is 9.90 Å². The second kappa shape index (κ2) is 6.27. The number of hydrogen-bond acceptors (Lipinski definition) is 3. The summed E-state index contributed by atoms with van der Waals surface area (Å²) in [6.45, 7) is 1.08. The fourth-order valence-electron chi connectivity index (χ4n) is 0.963. The van der Waals surface area contributed by atoms with Gasteiger partial charge in [-0.1, -0.05) is 0 Å². The van der Waals surface area contributed by atoms with Crippen LogP contribution in [0.5, 0.6) is 0 Å². The summed E-state index contributed by atoms with van der Waals surface area (Å²) in [6, 6.07) is 0. The molecule has 1 aliphatic carbocycles. The monoisotopic (exact) mass is 203 g/mol. The van der Waals surface area contributed by atoms with Gasteiger partial charge < -0.3 is 10.4 Å². The lowest BCUT2D eigenvalue weighted by atomic mass is 10.4. The lowest BCUT2D eigenvalue weighted by Gasteiger charge is -2.02. The van der Waals surface area contributed by atoms with Crippen molar-refractivity contribution in [3.05, 3.63) is 0 Å². The van der Waals surface area contributed by atoms with E-state index in [9.17, 15) is 4.79 Å². The van der Waals surface area contributed by atoms with Crippen LogP contribution in [0.2, 0.25) is 0 Å². The molecule has 1 fully saturated rings. The molecule has 0 aromatic carbocycles. The average Bonchev–Trinajstić information content (AvgIpc) is 2.92. The molecule has 0 saturated heterocycles. The van der Waals surface area contributed by atoms with Crippen LogP contribution in [-0.2, 0) is 4.79 Å². The van der Waals surface area contributed by atoms with Gasteiger partial charge in [0.05, 0.1) is 5.75 Å². The summed E-state index contributed by atoms with van der Waals surface area (Å²) in [5.41, 5.74) is 0. The highest BCUT2D eigenvalue weighted by molar-refractivity contribution is 7.99. The Morgan fingerprint density at radius 2 is 2.31 bits per heavy atom. The molecule has 0 spiro atoms. The van der Waals surface area contributed by atoms with Gasteiger partial charge in [0, 0.05) is 13.2 Å². The van der Waals surface area contributed by atoms with Gasteiger partial charge in [-0.3, -0.25) is 4.79 Å². The number of aliphatic hydroxyl groups excluding tert-OH is 1. The van der Waals surface area contributed by atoms with E-state index >= 15 is 0 Å². The van der Waals surface area contributed by atoms with Gasteiger partial charge in [0.1, 0.15) is 0 Å². The third kappa shape index (κ3) is 5.93. The van der Waals surface area contributed by atoms with E-state index in [1.165, 1.54) is 12.8 Å². The normalized spacial score (nSPS) is 15.8. The molecule has 0 unspecified atom stereocenters. The lowest BCUT2D eigenvalue weighted by Crippen LogP contribution is -2.27. The summed E-state index contributed by atoms with van der Waals surface area (Å²) in [7, 11) is 0. The van der Waals surface area contributed by atoms with E-state index in [4.69, 9.17) is 5.11 Å². The maximum absolute atomic E-state index is 11.1. The van der Waals surface area contributed by atoms with Crippen LogP contribution in [0.1, 0.15) is 19.3 Å². The molecule has 4 heteroatoms. The summed E-state index contributed by atoms with van der Waals surface area (Å²) in [4.78, 5) is 11.1. The number of amides is 1. The molecular weight excluding hydrogens is 186 g/mol. The maximum Gasteiger partial charge on any atom is 0.230 e. The second-order valence-electron chi connectivity index (χ2n) is 3.38. The van der Waals surface area contributed by atoms with Gasteiger partial charge >= 0.3 is 0 Å². The van der Waals surface area contributed by atoms with Gasteiger partial charge in [0.25, 0.3) is 0 Å². The Bertz CT molecular complexity index is 160. The molecule has 76 valence electrons. The Balaban J connectivity index is 1.84. The van der Waals surface area contributed by atoms with E-state index in [0.717, 1.165) is 24.6 Å². The summed E-state index contributed by atoms with van der Waals surface area (Å²) in [6.07, 6.45) is 3.33. The third-order valence-corrected chi connectivity index (χ3v) is 3.01. The Morgan fingerprint density at radius 3 is 2.92 bits per heavy atom. The van der Waals surface area contributed by atoms with E-state index in [1.54, 1.807) is 11.8 Å². The van der Waals surface area contributed by atoms with Crippen LogP contribution >= 0.6 is 11.8 Å². The van der Waals surface area contributed by atoms with E-state index in [2.05, 4.69) is 5.32 Å². The minimum absolute atomic E-state index is 0.134. The fraction of sp³-hybridized carbons (Fsp3) is 0.889. The number of hydrogen-bond donors (Lipinski definition) is 2. The van der Waals surface area contributed by atoms with Crippen molar-refractivity contribution in [2.24, 2.45) is 5.92 Å². The Hall–Kier alpha value is -0.220. The summed E-state index contributed by atoms with van der Waals surface area (Å²) >= 11 is 1.59. The molecule has 0 aliphatic heterocycles. The average molecular weight is 203 g/mol. The summed E-state index contributed by atoms with van der Waals surface area (Å²) < 4.78 is 0. The van der Waals surface area contributed by atoms with Crippen molar-refractivity contribution in [3.8, 4) is 0 Å².